The van der Waals surface area contributed by atoms with Crippen molar-refractivity contribution in [3.63, 3.8) is 0 Å². The van der Waals surface area contributed by atoms with E-state index in [2.05, 4.69) is 5.32 Å². The number of hydrogen-bond acceptors (Lipinski definition) is 1. The van der Waals surface area contributed by atoms with Gasteiger partial charge in [-0.15, -0.1) is 0 Å². The third-order valence-electron chi connectivity index (χ3n) is 2.82. The zero-order valence-electron chi connectivity index (χ0n) is 10.9. The van der Waals surface area contributed by atoms with Crippen LogP contribution in [0.5, 0.6) is 0 Å². The third kappa shape index (κ3) is 3.86. The van der Waals surface area contributed by atoms with Crippen molar-refractivity contribution in [1.82, 2.24) is 0 Å². The monoisotopic (exact) mass is 305 g/mol. The normalized spacial score (nSPS) is 10.8. The van der Waals surface area contributed by atoms with Crippen LogP contribution in [0, 0.1) is 6.92 Å². The first-order valence-corrected chi connectivity index (χ1v) is 6.81. The Kier molecular flexibility index (Phi) is 4.83. The molecule has 2 aromatic rings. The minimum absolute atomic E-state index is 0.203. The summed E-state index contributed by atoms with van der Waals surface area (Å²) in [6, 6.07) is 12.6. The molecule has 2 aromatic carbocycles. The van der Waals surface area contributed by atoms with Gasteiger partial charge in [-0.05, 0) is 48.4 Å². The molecule has 0 saturated heterocycles. The van der Waals surface area contributed by atoms with Crippen molar-refractivity contribution in [1.29, 1.82) is 0 Å². The van der Waals surface area contributed by atoms with Crippen molar-refractivity contribution in [2.24, 2.45) is 0 Å². The number of nitrogens with one attached hydrogen (secondary N) is 1. The molecule has 0 aliphatic carbocycles. The second kappa shape index (κ2) is 6.60. The lowest BCUT2D eigenvalue weighted by molar-refractivity contribution is -0.111. The minimum atomic E-state index is -0.203. The molecule has 1 N–H and O–H groups in total. The fraction of sp³-hybridized carbons (Fsp3) is 0.0625. The smallest absolute Gasteiger partial charge is 0.248 e. The predicted octanol–water partition coefficient (Wildman–Crippen LogP) is 4.95. The molecule has 2 rings (SSSR count). The van der Waals surface area contributed by atoms with E-state index in [0.29, 0.717) is 15.7 Å². The molecule has 0 bridgehead atoms. The summed E-state index contributed by atoms with van der Waals surface area (Å²) in [6.45, 7) is 1.86. The quantitative estimate of drug-likeness (QED) is 0.798. The Labute approximate surface area is 128 Å². The molecule has 0 atom stereocenters. The highest BCUT2D eigenvalue weighted by Crippen LogP contribution is 2.22. The Morgan fingerprint density at radius 2 is 1.80 bits per heavy atom. The van der Waals surface area contributed by atoms with Gasteiger partial charge in [0.2, 0.25) is 5.91 Å². The predicted molar refractivity (Wildman–Crippen MR) is 85.3 cm³/mol. The lowest BCUT2D eigenvalue weighted by Crippen LogP contribution is -2.08. The van der Waals surface area contributed by atoms with Crippen molar-refractivity contribution < 1.29 is 4.79 Å². The Morgan fingerprint density at radius 1 is 1.10 bits per heavy atom. The van der Waals surface area contributed by atoms with Crippen molar-refractivity contribution in [3.05, 3.63) is 69.7 Å². The number of halogens is 2. The summed E-state index contributed by atoms with van der Waals surface area (Å²) >= 11 is 11.8. The summed E-state index contributed by atoms with van der Waals surface area (Å²) in [4.78, 5) is 11.8. The number of rotatable bonds is 3. The van der Waals surface area contributed by atoms with E-state index in [0.717, 1.165) is 11.1 Å². The highest BCUT2D eigenvalue weighted by molar-refractivity contribution is 6.31. The highest BCUT2D eigenvalue weighted by Gasteiger charge is 2.04. The number of hydrogen-bond donors (Lipinski definition) is 1. The molecule has 20 heavy (non-hydrogen) atoms. The molecule has 2 nitrogen and oxygen atoms in total. The van der Waals surface area contributed by atoms with Gasteiger partial charge in [0.25, 0.3) is 0 Å². The van der Waals surface area contributed by atoms with Gasteiger partial charge >= 0.3 is 0 Å². The Hall–Kier alpha value is -1.77. The Bertz CT molecular complexity index is 648. The molecular formula is C16H13Cl2NO. The molecule has 0 radical (unpaired) electrons. The average Bonchev–Trinajstić information content (AvgIpc) is 2.43. The fourth-order valence-corrected chi connectivity index (χ4v) is 1.96. The molecule has 102 valence electrons. The first-order valence-electron chi connectivity index (χ1n) is 6.06. The van der Waals surface area contributed by atoms with Gasteiger partial charge in [0.15, 0.2) is 0 Å². The van der Waals surface area contributed by atoms with Crippen molar-refractivity contribution in [2.75, 3.05) is 5.32 Å². The van der Waals surface area contributed by atoms with E-state index in [-0.39, 0.29) is 5.91 Å². The van der Waals surface area contributed by atoms with Crippen LogP contribution in [0.25, 0.3) is 6.08 Å². The Morgan fingerprint density at radius 3 is 2.50 bits per heavy atom. The zero-order chi connectivity index (χ0) is 14.5. The van der Waals surface area contributed by atoms with Gasteiger partial charge in [-0.2, -0.15) is 0 Å². The standard InChI is InChI=1S/C16H13Cl2NO/c1-11-14(18)3-2-4-15(11)19-16(20)10-7-12-5-8-13(17)9-6-12/h2-10H,1H3,(H,19,20). The van der Waals surface area contributed by atoms with Crippen LogP contribution in [0.4, 0.5) is 5.69 Å². The van der Waals surface area contributed by atoms with Crippen LogP contribution in [0.3, 0.4) is 0 Å². The van der Waals surface area contributed by atoms with E-state index in [1.165, 1.54) is 6.08 Å². The van der Waals surface area contributed by atoms with E-state index in [4.69, 9.17) is 23.2 Å². The largest absolute Gasteiger partial charge is 0.322 e. The number of benzene rings is 2. The van der Waals surface area contributed by atoms with Gasteiger partial charge in [-0.25, -0.2) is 0 Å². The molecule has 0 heterocycles. The van der Waals surface area contributed by atoms with E-state index in [9.17, 15) is 4.79 Å². The fourth-order valence-electron chi connectivity index (χ4n) is 1.66. The van der Waals surface area contributed by atoms with Gasteiger partial charge in [-0.1, -0.05) is 41.4 Å². The second-order valence-electron chi connectivity index (χ2n) is 4.29. The second-order valence-corrected chi connectivity index (χ2v) is 5.13. The molecule has 0 aliphatic rings. The molecule has 0 unspecified atom stereocenters. The first-order chi connectivity index (χ1) is 9.56. The molecule has 4 heteroatoms. The molecular weight excluding hydrogens is 293 g/mol. The molecule has 0 saturated carbocycles. The average molecular weight is 306 g/mol. The summed E-state index contributed by atoms with van der Waals surface area (Å²) in [5.74, 6) is -0.203. The molecule has 0 aromatic heterocycles. The lowest BCUT2D eigenvalue weighted by Gasteiger charge is -2.07. The van der Waals surface area contributed by atoms with Crippen molar-refractivity contribution >= 4 is 40.9 Å². The topological polar surface area (TPSA) is 29.1 Å². The number of carbonyl (C=O) groups excluding carboxylic acids is 1. The summed E-state index contributed by atoms with van der Waals surface area (Å²) in [6.07, 6.45) is 3.20. The van der Waals surface area contributed by atoms with Crippen LogP contribution in [0.2, 0.25) is 10.0 Å². The van der Waals surface area contributed by atoms with Gasteiger partial charge < -0.3 is 5.32 Å². The third-order valence-corrected chi connectivity index (χ3v) is 3.48. The number of anilines is 1. The maximum atomic E-state index is 11.8. The van der Waals surface area contributed by atoms with Crippen molar-refractivity contribution in [2.45, 2.75) is 6.92 Å². The van der Waals surface area contributed by atoms with E-state index in [1.54, 1.807) is 30.3 Å². The summed E-state index contributed by atoms with van der Waals surface area (Å²) in [7, 11) is 0. The molecule has 0 spiro atoms. The highest BCUT2D eigenvalue weighted by atomic mass is 35.5. The number of amides is 1. The SMILES string of the molecule is Cc1c(Cl)cccc1NC(=O)C=Cc1ccc(Cl)cc1. The van der Waals surface area contributed by atoms with Gasteiger partial charge in [0.1, 0.15) is 0 Å². The minimum Gasteiger partial charge on any atom is -0.322 e. The molecule has 1 amide bonds. The maximum Gasteiger partial charge on any atom is 0.248 e. The van der Waals surface area contributed by atoms with E-state index >= 15 is 0 Å². The van der Waals surface area contributed by atoms with Crippen LogP contribution >= 0.6 is 23.2 Å². The lowest BCUT2D eigenvalue weighted by atomic mass is 10.2. The summed E-state index contributed by atoms with van der Waals surface area (Å²) in [5.41, 5.74) is 2.47. The number of carbonyl (C=O) groups is 1. The van der Waals surface area contributed by atoms with Crippen LogP contribution in [-0.4, -0.2) is 5.91 Å². The van der Waals surface area contributed by atoms with E-state index in [1.807, 2.05) is 25.1 Å². The van der Waals surface area contributed by atoms with Gasteiger partial charge in [0.05, 0.1) is 0 Å². The van der Waals surface area contributed by atoms with E-state index < -0.39 is 0 Å². The molecule has 0 fully saturated rings. The van der Waals surface area contributed by atoms with Crippen molar-refractivity contribution in [3.8, 4) is 0 Å². The zero-order valence-corrected chi connectivity index (χ0v) is 12.4. The Balaban J connectivity index is 2.05. The summed E-state index contributed by atoms with van der Waals surface area (Å²) in [5, 5.41) is 4.09. The first kappa shape index (κ1) is 14.6. The molecule has 0 aliphatic heterocycles. The van der Waals surface area contributed by atoms with Gasteiger partial charge in [-0.3, -0.25) is 4.79 Å². The summed E-state index contributed by atoms with van der Waals surface area (Å²) < 4.78 is 0. The van der Waals surface area contributed by atoms with Crippen LogP contribution in [0.1, 0.15) is 11.1 Å². The van der Waals surface area contributed by atoms with Gasteiger partial charge in [0, 0.05) is 21.8 Å². The maximum absolute atomic E-state index is 11.8. The van der Waals surface area contributed by atoms with Crippen LogP contribution < -0.4 is 5.32 Å². The van der Waals surface area contributed by atoms with Crippen LogP contribution in [-0.2, 0) is 4.79 Å². The van der Waals surface area contributed by atoms with Crippen LogP contribution in [0.15, 0.2) is 48.5 Å².